The van der Waals surface area contributed by atoms with Crippen molar-refractivity contribution in [2.24, 2.45) is 0 Å². The Balaban J connectivity index is 1.68. The molecule has 0 fully saturated rings. The van der Waals surface area contributed by atoms with Gasteiger partial charge in [0.2, 0.25) is 11.9 Å². The van der Waals surface area contributed by atoms with Crippen molar-refractivity contribution in [1.82, 2.24) is 15.0 Å². The minimum atomic E-state index is 0.172. The van der Waals surface area contributed by atoms with Crippen LogP contribution in [0.2, 0.25) is 5.02 Å². The van der Waals surface area contributed by atoms with E-state index < -0.39 is 0 Å². The highest BCUT2D eigenvalue weighted by molar-refractivity contribution is 7.97. The summed E-state index contributed by atoms with van der Waals surface area (Å²) in [5, 5.41) is 3.88. The van der Waals surface area contributed by atoms with Gasteiger partial charge in [0.05, 0.1) is 18.6 Å². The van der Waals surface area contributed by atoms with Gasteiger partial charge in [-0.15, -0.1) is 11.8 Å². The van der Waals surface area contributed by atoms with Gasteiger partial charge in [-0.2, -0.15) is 15.0 Å². The average Bonchev–Trinajstić information content (AvgIpc) is 2.63. The predicted octanol–water partition coefficient (Wildman–Crippen LogP) is 4.29. The minimum absolute atomic E-state index is 0.172. The van der Waals surface area contributed by atoms with Crippen molar-refractivity contribution in [3.63, 3.8) is 0 Å². The predicted molar refractivity (Wildman–Crippen MR) is 107 cm³/mol. The highest BCUT2D eigenvalue weighted by Gasteiger charge is 2.08. The number of halogens is 1. The molecule has 0 saturated carbocycles. The van der Waals surface area contributed by atoms with E-state index in [1.54, 1.807) is 18.9 Å². The Labute approximate surface area is 161 Å². The number of rotatable bonds is 7. The molecule has 26 heavy (non-hydrogen) atoms. The van der Waals surface area contributed by atoms with E-state index >= 15 is 0 Å². The van der Waals surface area contributed by atoms with Crippen LogP contribution in [0.5, 0.6) is 5.75 Å². The van der Waals surface area contributed by atoms with Gasteiger partial charge in [0.1, 0.15) is 11.6 Å². The van der Waals surface area contributed by atoms with Gasteiger partial charge in [0, 0.05) is 10.8 Å². The summed E-state index contributed by atoms with van der Waals surface area (Å²) in [6.07, 6.45) is 0. The van der Waals surface area contributed by atoms with Gasteiger partial charge in [0.25, 0.3) is 0 Å². The summed E-state index contributed by atoms with van der Waals surface area (Å²) in [5.41, 5.74) is 7.66. The number of anilines is 3. The van der Waals surface area contributed by atoms with Crippen LogP contribution in [0.25, 0.3) is 0 Å². The summed E-state index contributed by atoms with van der Waals surface area (Å²) in [4.78, 5) is 12.8. The van der Waals surface area contributed by atoms with Crippen LogP contribution in [-0.2, 0) is 11.5 Å². The zero-order chi connectivity index (χ0) is 18.4. The molecular weight excluding hydrogens is 370 g/mol. The average molecular weight is 388 g/mol. The van der Waals surface area contributed by atoms with Crippen molar-refractivity contribution in [3.05, 3.63) is 64.9 Å². The zero-order valence-electron chi connectivity index (χ0n) is 14.1. The standard InChI is InChI=1S/C18H18ClN5OS/c1-25-15-9-5-4-8-14(15)21-18-23-16(22-17(20)24-18)11-26-10-12-6-2-3-7-13(12)19/h2-9H,10-11H2,1H3,(H3,20,21,22,23,24). The normalized spacial score (nSPS) is 10.5. The Morgan fingerprint density at radius 3 is 2.62 bits per heavy atom. The molecule has 134 valence electrons. The number of hydrogen-bond acceptors (Lipinski definition) is 7. The number of benzene rings is 2. The van der Waals surface area contributed by atoms with Gasteiger partial charge in [-0.3, -0.25) is 0 Å². The molecule has 1 aromatic heterocycles. The van der Waals surface area contributed by atoms with Crippen LogP contribution < -0.4 is 15.8 Å². The molecule has 0 amide bonds. The molecule has 3 aromatic rings. The second-order valence-corrected chi connectivity index (χ2v) is 6.74. The van der Waals surface area contributed by atoms with Crippen LogP contribution in [0.4, 0.5) is 17.6 Å². The number of hydrogen-bond donors (Lipinski definition) is 2. The Morgan fingerprint density at radius 1 is 1.04 bits per heavy atom. The lowest BCUT2D eigenvalue weighted by Crippen LogP contribution is -2.07. The van der Waals surface area contributed by atoms with Gasteiger partial charge < -0.3 is 15.8 Å². The first kappa shape index (κ1) is 18.3. The molecule has 0 aliphatic carbocycles. The second-order valence-electron chi connectivity index (χ2n) is 5.34. The second kappa shape index (κ2) is 8.73. The van der Waals surface area contributed by atoms with Crippen LogP contribution in [-0.4, -0.2) is 22.1 Å². The Kier molecular flexibility index (Phi) is 6.14. The Bertz CT molecular complexity index is 893. The van der Waals surface area contributed by atoms with Crippen molar-refractivity contribution in [1.29, 1.82) is 0 Å². The van der Waals surface area contributed by atoms with Crippen LogP contribution in [0.1, 0.15) is 11.4 Å². The molecule has 0 unspecified atom stereocenters. The maximum absolute atomic E-state index is 6.18. The van der Waals surface area contributed by atoms with E-state index in [4.69, 9.17) is 22.1 Å². The fourth-order valence-electron chi connectivity index (χ4n) is 2.29. The van der Waals surface area contributed by atoms with Gasteiger partial charge in [0.15, 0.2) is 0 Å². The molecule has 2 aromatic carbocycles. The Hall–Kier alpha value is -2.51. The summed E-state index contributed by atoms with van der Waals surface area (Å²) in [6, 6.07) is 15.3. The summed E-state index contributed by atoms with van der Waals surface area (Å²) < 4.78 is 5.32. The first-order chi connectivity index (χ1) is 12.7. The monoisotopic (exact) mass is 387 g/mol. The van der Waals surface area contributed by atoms with Crippen LogP contribution >= 0.6 is 23.4 Å². The third-order valence-electron chi connectivity index (χ3n) is 3.50. The molecule has 0 bridgehead atoms. The first-order valence-electron chi connectivity index (χ1n) is 7.87. The number of para-hydroxylation sites is 2. The lowest BCUT2D eigenvalue weighted by molar-refractivity contribution is 0.417. The van der Waals surface area contributed by atoms with Crippen LogP contribution in [0.15, 0.2) is 48.5 Å². The number of methoxy groups -OCH3 is 1. The third-order valence-corrected chi connectivity index (χ3v) is 4.85. The molecule has 0 aliphatic heterocycles. The smallest absolute Gasteiger partial charge is 0.232 e. The number of nitrogens with two attached hydrogens (primary N) is 1. The molecule has 0 spiro atoms. The molecule has 0 aliphatic rings. The van der Waals surface area contributed by atoms with Crippen LogP contribution in [0.3, 0.4) is 0 Å². The number of nitrogen functional groups attached to an aromatic ring is 1. The van der Waals surface area contributed by atoms with E-state index in [1.165, 1.54) is 0 Å². The van der Waals surface area contributed by atoms with E-state index in [0.29, 0.717) is 23.3 Å². The quantitative estimate of drug-likeness (QED) is 0.625. The number of ether oxygens (including phenoxy) is 1. The van der Waals surface area contributed by atoms with Crippen LogP contribution in [0, 0.1) is 0 Å². The zero-order valence-corrected chi connectivity index (χ0v) is 15.7. The molecule has 8 heteroatoms. The number of thioether (sulfide) groups is 1. The fraction of sp³-hybridized carbons (Fsp3) is 0.167. The first-order valence-corrected chi connectivity index (χ1v) is 9.40. The van der Waals surface area contributed by atoms with Crippen molar-refractivity contribution in [2.45, 2.75) is 11.5 Å². The number of aromatic nitrogens is 3. The highest BCUT2D eigenvalue weighted by Crippen LogP contribution is 2.26. The summed E-state index contributed by atoms with van der Waals surface area (Å²) in [5.74, 6) is 3.22. The van der Waals surface area contributed by atoms with E-state index in [0.717, 1.165) is 22.0 Å². The van der Waals surface area contributed by atoms with Crippen molar-refractivity contribution in [3.8, 4) is 5.75 Å². The maximum atomic E-state index is 6.18. The van der Waals surface area contributed by atoms with E-state index in [2.05, 4.69) is 20.3 Å². The molecule has 3 N–H and O–H groups in total. The van der Waals surface area contributed by atoms with Gasteiger partial charge in [-0.1, -0.05) is 41.9 Å². The molecule has 0 saturated heterocycles. The van der Waals surface area contributed by atoms with Gasteiger partial charge >= 0.3 is 0 Å². The molecule has 0 radical (unpaired) electrons. The third kappa shape index (κ3) is 4.77. The lowest BCUT2D eigenvalue weighted by Gasteiger charge is -2.10. The molecule has 1 heterocycles. The summed E-state index contributed by atoms with van der Waals surface area (Å²) in [7, 11) is 1.61. The largest absolute Gasteiger partial charge is 0.495 e. The summed E-state index contributed by atoms with van der Waals surface area (Å²) >= 11 is 7.84. The molecule has 6 nitrogen and oxygen atoms in total. The molecule has 3 rings (SSSR count). The topological polar surface area (TPSA) is 86.0 Å². The van der Waals surface area contributed by atoms with E-state index in [9.17, 15) is 0 Å². The number of nitrogens with zero attached hydrogens (tertiary/aromatic N) is 3. The summed E-state index contributed by atoms with van der Waals surface area (Å²) in [6.45, 7) is 0. The minimum Gasteiger partial charge on any atom is -0.495 e. The van der Waals surface area contributed by atoms with Crippen molar-refractivity contribution >= 4 is 40.9 Å². The van der Waals surface area contributed by atoms with E-state index in [-0.39, 0.29) is 5.95 Å². The Morgan fingerprint density at radius 2 is 1.81 bits per heavy atom. The maximum Gasteiger partial charge on any atom is 0.232 e. The van der Waals surface area contributed by atoms with Crippen molar-refractivity contribution in [2.75, 3.05) is 18.2 Å². The van der Waals surface area contributed by atoms with Gasteiger partial charge in [-0.25, -0.2) is 0 Å². The fourth-order valence-corrected chi connectivity index (χ4v) is 3.46. The van der Waals surface area contributed by atoms with Crippen molar-refractivity contribution < 1.29 is 4.74 Å². The molecular formula is C18H18ClN5OS. The van der Waals surface area contributed by atoms with E-state index in [1.807, 2.05) is 48.5 Å². The lowest BCUT2D eigenvalue weighted by atomic mass is 10.2. The molecule has 0 atom stereocenters. The number of nitrogens with one attached hydrogen (secondary N) is 1. The highest BCUT2D eigenvalue weighted by atomic mass is 35.5. The van der Waals surface area contributed by atoms with Gasteiger partial charge in [-0.05, 0) is 23.8 Å². The SMILES string of the molecule is COc1ccccc1Nc1nc(N)nc(CSCc2ccccc2Cl)n1.